The number of nitrogens with zero attached hydrogens (tertiary/aromatic N) is 2. The van der Waals surface area contributed by atoms with Crippen LogP contribution in [0.15, 0.2) is 41.6 Å². The lowest BCUT2D eigenvalue weighted by Crippen LogP contribution is -1.88. The molecular weight excluding hydrogens is 176 g/mol. The molecule has 0 heterocycles. The Balaban J connectivity index is 2.74. The summed E-state index contributed by atoms with van der Waals surface area (Å²) in [4.78, 5) is 4.50. The van der Waals surface area contributed by atoms with Crippen molar-refractivity contribution in [2.45, 2.75) is 0 Å². The summed E-state index contributed by atoms with van der Waals surface area (Å²) in [6, 6.07) is 11.6. The third-order valence-electron chi connectivity index (χ3n) is 1.54. The van der Waals surface area contributed by atoms with Crippen molar-refractivity contribution in [2.75, 3.05) is 7.11 Å². The molecule has 0 aliphatic heterocycles. The van der Waals surface area contributed by atoms with E-state index in [1.807, 2.05) is 36.4 Å². The fourth-order valence-corrected chi connectivity index (χ4v) is 0.926. The van der Waals surface area contributed by atoms with Crippen molar-refractivity contribution in [3.8, 4) is 6.07 Å². The maximum atomic E-state index is 8.62. The van der Waals surface area contributed by atoms with Crippen LogP contribution in [0.3, 0.4) is 0 Å². The maximum absolute atomic E-state index is 8.62. The van der Waals surface area contributed by atoms with Crippen LogP contribution >= 0.6 is 0 Å². The lowest BCUT2D eigenvalue weighted by atomic mass is 10.2. The largest absolute Gasteiger partial charge is 0.398 e. The van der Waals surface area contributed by atoms with Gasteiger partial charge in [-0.3, -0.25) is 0 Å². The number of benzene rings is 1. The van der Waals surface area contributed by atoms with E-state index in [0.29, 0.717) is 0 Å². The molecule has 1 rings (SSSR count). The number of nitriles is 1. The van der Waals surface area contributed by atoms with Gasteiger partial charge in [0.05, 0.1) is 0 Å². The third kappa shape index (κ3) is 3.11. The van der Waals surface area contributed by atoms with Crippen LogP contribution < -0.4 is 0 Å². The fraction of sp³-hybridized carbons (Fsp3) is 0.0909. The normalized spacial score (nSPS) is 11.3. The van der Waals surface area contributed by atoms with Gasteiger partial charge in [-0.05, 0) is 11.6 Å². The molecule has 0 saturated heterocycles. The summed E-state index contributed by atoms with van der Waals surface area (Å²) in [5, 5.41) is 12.1. The molecule has 3 nitrogen and oxygen atoms in total. The number of allylic oxidation sites excluding steroid dienone is 1. The molecule has 0 aliphatic rings. The Bertz CT molecular complexity index is 374. The summed E-state index contributed by atoms with van der Waals surface area (Å²) in [5.41, 5.74) is 1.27. The summed E-state index contributed by atoms with van der Waals surface area (Å²) < 4.78 is 0. The van der Waals surface area contributed by atoms with Crippen molar-refractivity contribution in [2.24, 2.45) is 5.16 Å². The second kappa shape index (κ2) is 5.55. The Morgan fingerprint density at radius 3 is 2.71 bits per heavy atom. The molecule has 14 heavy (non-hydrogen) atoms. The van der Waals surface area contributed by atoms with Crippen LogP contribution in [0.5, 0.6) is 0 Å². The van der Waals surface area contributed by atoms with Gasteiger partial charge in [0, 0.05) is 0 Å². The van der Waals surface area contributed by atoms with Gasteiger partial charge in [0.1, 0.15) is 13.2 Å². The molecule has 1 aromatic carbocycles. The summed E-state index contributed by atoms with van der Waals surface area (Å²) in [5.74, 6) is 0. The van der Waals surface area contributed by atoms with Crippen LogP contribution in [0, 0.1) is 11.3 Å². The molecule has 3 heteroatoms. The Morgan fingerprint density at radius 2 is 2.14 bits per heavy atom. The smallest absolute Gasteiger partial charge is 0.179 e. The van der Waals surface area contributed by atoms with Crippen LogP contribution in [0.1, 0.15) is 5.56 Å². The van der Waals surface area contributed by atoms with E-state index in [1.54, 1.807) is 12.2 Å². The molecule has 1 aromatic rings. The number of oxime groups is 1. The number of hydrogen-bond donors (Lipinski definition) is 0. The molecule has 0 unspecified atom stereocenters. The molecule has 0 spiro atoms. The van der Waals surface area contributed by atoms with Gasteiger partial charge in [-0.1, -0.05) is 41.6 Å². The molecule has 0 aliphatic carbocycles. The van der Waals surface area contributed by atoms with Crippen molar-refractivity contribution < 1.29 is 4.84 Å². The van der Waals surface area contributed by atoms with Gasteiger partial charge in [0.25, 0.3) is 0 Å². The van der Waals surface area contributed by atoms with E-state index in [-0.39, 0.29) is 5.71 Å². The number of rotatable bonds is 3. The van der Waals surface area contributed by atoms with E-state index in [0.717, 1.165) is 5.56 Å². The zero-order chi connectivity index (χ0) is 10.2. The van der Waals surface area contributed by atoms with Crippen LogP contribution in [-0.4, -0.2) is 12.8 Å². The summed E-state index contributed by atoms with van der Waals surface area (Å²) in [7, 11) is 1.41. The van der Waals surface area contributed by atoms with Crippen molar-refractivity contribution in [1.82, 2.24) is 0 Å². The first-order valence-electron chi connectivity index (χ1n) is 4.11. The molecule has 0 saturated carbocycles. The molecule has 0 bridgehead atoms. The Labute approximate surface area is 82.9 Å². The third-order valence-corrected chi connectivity index (χ3v) is 1.54. The second-order valence-electron chi connectivity index (χ2n) is 2.51. The van der Waals surface area contributed by atoms with E-state index in [9.17, 15) is 0 Å². The van der Waals surface area contributed by atoms with Gasteiger partial charge in [0.15, 0.2) is 5.71 Å². The summed E-state index contributed by atoms with van der Waals surface area (Å²) in [6.45, 7) is 0. The Morgan fingerprint density at radius 1 is 1.43 bits per heavy atom. The average molecular weight is 186 g/mol. The minimum Gasteiger partial charge on any atom is -0.398 e. The standard InChI is InChI=1S/C11H10N2O/c1-14-13-11(9-12)8-7-10-5-3-2-4-6-10/h2-8H,1H3/b8-7+,13-11-. The van der Waals surface area contributed by atoms with E-state index >= 15 is 0 Å². The van der Waals surface area contributed by atoms with Gasteiger partial charge in [-0.15, -0.1) is 0 Å². The van der Waals surface area contributed by atoms with Crippen molar-refractivity contribution in [3.05, 3.63) is 42.0 Å². The molecule has 0 atom stereocenters. The quantitative estimate of drug-likeness (QED) is 0.536. The van der Waals surface area contributed by atoms with E-state index in [2.05, 4.69) is 9.99 Å². The first-order valence-corrected chi connectivity index (χ1v) is 4.11. The van der Waals surface area contributed by atoms with Crippen molar-refractivity contribution in [1.29, 1.82) is 5.26 Å². The monoisotopic (exact) mass is 186 g/mol. The molecule has 0 radical (unpaired) electrons. The maximum Gasteiger partial charge on any atom is 0.179 e. The van der Waals surface area contributed by atoms with Gasteiger partial charge >= 0.3 is 0 Å². The predicted molar refractivity (Wildman–Crippen MR) is 55.5 cm³/mol. The summed E-state index contributed by atoms with van der Waals surface area (Å²) >= 11 is 0. The Kier molecular flexibility index (Phi) is 3.96. The van der Waals surface area contributed by atoms with Crippen molar-refractivity contribution >= 4 is 11.8 Å². The van der Waals surface area contributed by atoms with Crippen LogP contribution in [0.4, 0.5) is 0 Å². The molecule has 0 amide bonds. The van der Waals surface area contributed by atoms with E-state index < -0.39 is 0 Å². The first kappa shape index (κ1) is 10.0. The van der Waals surface area contributed by atoms with Gasteiger partial charge in [0.2, 0.25) is 0 Å². The summed E-state index contributed by atoms with van der Waals surface area (Å²) in [6.07, 6.45) is 3.42. The minimum absolute atomic E-state index is 0.247. The highest BCUT2D eigenvalue weighted by Crippen LogP contribution is 2.00. The fourth-order valence-electron chi connectivity index (χ4n) is 0.926. The predicted octanol–water partition coefficient (Wildman–Crippen LogP) is 2.23. The SMILES string of the molecule is CO/N=C(C#N)/C=C/c1ccccc1. The molecule has 0 N–H and O–H groups in total. The lowest BCUT2D eigenvalue weighted by Gasteiger charge is -1.90. The zero-order valence-electron chi connectivity index (χ0n) is 7.84. The first-order chi connectivity index (χ1) is 6.86. The number of hydrogen-bond acceptors (Lipinski definition) is 3. The topological polar surface area (TPSA) is 45.4 Å². The van der Waals surface area contributed by atoms with Gasteiger partial charge < -0.3 is 4.84 Å². The highest BCUT2D eigenvalue weighted by Gasteiger charge is 1.90. The van der Waals surface area contributed by atoms with E-state index in [4.69, 9.17) is 5.26 Å². The van der Waals surface area contributed by atoms with Crippen LogP contribution in [0.25, 0.3) is 6.08 Å². The van der Waals surface area contributed by atoms with Crippen molar-refractivity contribution in [3.63, 3.8) is 0 Å². The second-order valence-corrected chi connectivity index (χ2v) is 2.51. The van der Waals surface area contributed by atoms with Crippen LogP contribution in [-0.2, 0) is 4.84 Å². The average Bonchev–Trinajstić information content (AvgIpc) is 2.25. The van der Waals surface area contributed by atoms with Gasteiger partial charge in [-0.25, -0.2) is 0 Å². The lowest BCUT2D eigenvalue weighted by molar-refractivity contribution is 0.214. The highest BCUT2D eigenvalue weighted by atomic mass is 16.6. The highest BCUT2D eigenvalue weighted by molar-refractivity contribution is 6.09. The van der Waals surface area contributed by atoms with Crippen LogP contribution in [0.2, 0.25) is 0 Å². The molecular formula is C11H10N2O. The molecule has 0 fully saturated rings. The van der Waals surface area contributed by atoms with Gasteiger partial charge in [-0.2, -0.15) is 5.26 Å². The van der Waals surface area contributed by atoms with E-state index in [1.165, 1.54) is 7.11 Å². The molecule has 0 aromatic heterocycles. The molecule has 70 valence electrons. The Hall–Kier alpha value is -2.08. The zero-order valence-corrected chi connectivity index (χ0v) is 7.84. The minimum atomic E-state index is 0.247.